The number of hydrogen-bond acceptors (Lipinski definition) is 15. The van der Waals surface area contributed by atoms with E-state index in [1.165, 1.54) is 36.1 Å². The number of guanidine groups is 1. The van der Waals surface area contributed by atoms with Crippen LogP contribution in [-0.4, -0.2) is 176 Å². The number of nitrogens with zero attached hydrogens (tertiary/aromatic N) is 2. The van der Waals surface area contributed by atoms with Crippen LogP contribution in [0.25, 0.3) is 0 Å². The van der Waals surface area contributed by atoms with E-state index in [1.54, 1.807) is 41.5 Å². The average molecular weight is 1060 g/mol. The number of phenols is 1. The number of aliphatic imine (C=N–C) groups is 1. The van der Waals surface area contributed by atoms with Crippen molar-refractivity contribution in [2.75, 3.05) is 19.7 Å². The average Bonchev–Trinajstić information content (AvgIpc) is 3.82. The van der Waals surface area contributed by atoms with Crippen molar-refractivity contribution < 1.29 is 73.5 Å². The van der Waals surface area contributed by atoms with Crippen LogP contribution in [0.5, 0.6) is 5.75 Å². The van der Waals surface area contributed by atoms with Crippen molar-refractivity contribution in [3.05, 3.63) is 29.8 Å². The van der Waals surface area contributed by atoms with Crippen molar-refractivity contribution in [1.82, 2.24) is 42.1 Å². The van der Waals surface area contributed by atoms with Gasteiger partial charge < -0.3 is 84.9 Å². The van der Waals surface area contributed by atoms with E-state index in [0.29, 0.717) is 12.0 Å². The molecule has 27 nitrogen and oxygen atoms in total. The number of likely N-dealkylation sites (tertiary alicyclic amines) is 1. The molecule has 0 bridgehead atoms. The van der Waals surface area contributed by atoms with Gasteiger partial charge in [0.2, 0.25) is 47.3 Å². The summed E-state index contributed by atoms with van der Waals surface area (Å²) >= 11 is 0. The Morgan fingerprint density at radius 3 is 1.67 bits per heavy atom. The molecule has 1 aliphatic rings. The molecule has 75 heavy (non-hydrogen) atoms. The van der Waals surface area contributed by atoms with Crippen LogP contribution < -0.4 is 54.4 Å². The van der Waals surface area contributed by atoms with E-state index >= 15 is 0 Å². The maximum atomic E-state index is 14.0. The lowest BCUT2D eigenvalue weighted by Crippen LogP contribution is -2.62. The van der Waals surface area contributed by atoms with Gasteiger partial charge in [-0.1, -0.05) is 53.7 Å². The summed E-state index contributed by atoms with van der Waals surface area (Å²) < 4.78 is 0. The molecule has 0 aliphatic carbocycles. The molecule has 0 saturated carbocycles. The number of rotatable bonds is 31. The second-order valence-corrected chi connectivity index (χ2v) is 19.8. The van der Waals surface area contributed by atoms with Gasteiger partial charge in [0, 0.05) is 19.5 Å². The molecule has 1 fully saturated rings. The summed E-state index contributed by atoms with van der Waals surface area (Å²) in [6.07, 6.45) is -2.31. The van der Waals surface area contributed by atoms with Crippen LogP contribution in [-0.2, 0) is 54.4 Å². The minimum atomic E-state index is -1.87. The van der Waals surface area contributed by atoms with Gasteiger partial charge in [-0.25, -0.2) is 4.79 Å². The number of amides is 8. The van der Waals surface area contributed by atoms with Gasteiger partial charge in [0.25, 0.3) is 0 Å². The SMILES string of the molecule is CC(C)C[C@H](NC(=O)[C@@H](CC(=O)O)NC(=O)[C@@H](CC(C)C)NC(=O)[C@@H](NC(=O)[C@@H](NC(=O)[C@@H]1CCCN1C(=O)[C@@H](N)CO)C(C)C)[C@@H](C)O)C(=O)N[C@@H](CCCN=C(N)N)C(=O)N[C@@H](Cc1ccc(O)cc1)C(=O)O. The van der Waals surface area contributed by atoms with Crippen LogP contribution in [0.15, 0.2) is 29.3 Å². The number of aromatic hydroxyl groups is 1. The number of carboxylic acid groups (broad SMARTS) is 2. The van der Waals surface area contributed by atoms with Crippen LogP contribution in [0.3, 0.4) is 0 Å². The standard InChI is InChI=1S/C48H78N12O15/c1-23(2)18-31(40(67)53-30(10-8-16-52-48(50)51)39(66)57-34(47(74)75)20-27-12-14-28(63)15-13-27)54-42(69)33(21-36(64)65)55-41(68)32(19-24(3)4)56-45(72)38(26(7)62)59-44(71)37(25(5)6)58-43(70)35-11-9-17-60(35)46(73)29(49)22-61/h12-15,23-26,29-35,37-38,61-63H,8-11,16-22,49H2,1-7H3,(H,53,67)(H,54,69)(H,55,68)(H,56,72)(H,57,66)(H,58,70)(H,59,71)(H,64,65)(H,74,75)(H4,50,51,52)/t26-,29+,30+,31+,32-,33-,34+,35+,37+,38+/m1/s1. The second-order valence-electron chi connectivity index (χ2n) is 19.8. The number of benzene rings is 1. The fraction of sp³-hybridized carbons (Fsp3) is 0.646. The van der Waals surface area contributed by atoms with E-state index in [4.69, 9.17) is 17.2 Å². The summed E-state index contributed by atoms with van der Waals surface area (Å²) in [7, 11) is 0. The summed E-state index contributed by atoms with van der Waals surface area (Å²) in [5.41, 5.74) is 17.0. The van der Waals surface area contributed by atoms with Gasteiger partial charge in [0.05, 0.1) is 19.1 Å². The Morgan fingerprint density at radius 2 is 1.17 bits per heavy atom. The van der Waals surface area contributed by atoms with Gasteiger partial charge in [0.15, 0.2) is 5.96 Å². The quantitative estimate of drug-likeness (QED) is 0.0194. The Hall–Kier alpha value is -7.13. The lowest BCUT2D eigenvalue weighted by molar-refractivity contribution is -0.142. The number of hydrogen-bond donors (Lipinski definition) is 15. The highest BCUT2D eigenvalue weighted by atomic mass is 16.4. The predicted molar refractivity (Wildman–Crippen MR) is 270 cm³/mol. The number of carboxylic acids is 2. The molecule has 27 heteroatoms. The molecule has 0 unspecified atom stereocenters. The number of nitrogens with one attached hydrogen (secondary N) is 7. The Bertz CT molecular complexity index is 2170. The first-order chi connectivity index (χ1) is 35.1. The number of carbonyl (C=O) groups excluding carboxylic acids is 8. The molecule has 420 valence electrons. The molecule has 1 aromatic rings. The lowest BCUT2D eigenvalue weighted by Gasteiger charge is -2.31. The Morgan fingerprint density at radius 1 is 0.680 bits per heavy atom. The Kier molecular flexibility index (Phi) is 26.4. The highest BCUT2D eigenvalue weighted by Gasteiger charge is 2.40. The minimum absolute atomic E-state index is 0.0138. The third kappa shape index (κ3) is 21.7. The van der Waals surface area contributed by atoms with Gasteiger partial charge in [-0.15, -0.1) is 0 Å². The van der Waals surface area contributed by atoms with E-state index < -0.39 is 139 Å². The number of aliphatic hydroxyl groups is 2. The highest BCUT2D eigenvalue weighted by molar-refractivity contribution is 5.99. The van der Waals surface area contributed by atoms with Gasteiger partial charge >= 0.3 is 11.9 Å². The van der Waals surface area contributed by atoms with Gasteiger partial charge in [-0.2, -0.15) is 0 Å². The molecule has 1 aliphatic heterocycles. The van der Waals surface area contributed by atoms with E-state index in [0.717, 1.165) is 0 Å². The zero-order valence-corrected chi connectivity index (χ0v) is 43.5. The largest absolute Gasteiger partial charge is 0.508 e. The van der Waals surface area contributed by atoms with Gasteiger partial charge in [-0.3, -0.25) is 48.1 Å². The molecule has 0 radical (unpaired) electrons. The number of aliphatic hydroxyl groups excluding tert-OH is 2. The maximum Gasteiger partial charge on any atom is 0.326 e. The minimum Gasteiger partial charge on any atom is -0.508 e. The summed E-state index contributed by atoms with van der Waals surface area (Å²) in [6.45, 7) is 10.7. The zero-order chi connectivity index (χ0) is 56.9. The van der Waals surface area contributed by atoms with E-state index in [2.05, 4.69) is 42.2 Å². The summed E-state index contributed by atoms with van der Waals surface area (Å²) in [5.74, 6) is -11.9. The van der Waals surface area contributed by atoms with E-state index in [1.807, 2.05) is 0 Å². The summed E-state index contributed by atoms with van der Waals surface area (Å²) in [4.78, 5) is 139. The van der Waals surface area contributed by atoms with Crippen LogP contribution in [0.4, 0.5) is 0 Å². The summed E-state index contributed by atoms with van der Waals surface area (Å²) in [6, 6.07) is -7.43. The van der Waals surface area contributed by atoms with Crippen molar-refractivity contribution in [2.24, 2.45) is 39.9 Å². The van der Waals surface area contributed by atoms with Crippen LogP contribution in [0, 0.1) is 17.8 Å². The molecule has 0 spiro atoms. The number of carbonyl (C=O) groups is 10. The normalized spacial score (nSPS) is 16.9. The number of aliphatic carboxylic acids is 2. The van der Waals surface area contributed by atoms with Crippen molar-refractivity contribution in [3.8, 4) is 5.75 Å². The first-order valence-corrected chi connectivity index (χ1v) is 24.8. The number of nitrogens with two attached hydrogens (primary N) is 3. The van der Waals surface area contributed by atoms with Crippen molar-refractivity contribution in [3.63, 3.8) is 0 Å². The third-order valence-corrected chi connectivity index (χ3v) is 11.9. The molecule has 1 aromatic carbocycles. The van der Waals surface area contributed by atoms with Crippen LogP contribution in [0.1, 0.15) is 99.0 Å². The molecule has 0 aromatic heterocycles. The Labute approximate surface area is 435 Å². The topological polar surface area (TPSA) is 450 Å². The Balaban J connectivity index is 2.35. The first kappa shape index (κ1) is 64.0. The third-order valence-electron chi connectivity index (χ3n) is 11.9. The molecule has 10 atom stereocenters. The maximum absolute atomic E-state index is 14.0. The molecular weight excluding hydrogens is 985 g/mol. The van der Waals surface area contributed by atoms with Crippen molar-refractivity contribution >= 4 is 65.2 Å². The fourth-order valence-corrected chi connectivity index (χ4v) is 8.01. The molecular formula is C48H78N12O15. The molecule has 8 amide bonds. The lowest BCUT2D eigenvalue weighted by atomic mass is 9.99. The zero-order valence-electron chi connectivity index (χ0n) is 43.5. The fourth-order valence-electron chi connectivity index (χ4n) is 8.01. The molecule has 1 heterocycles. The van der Waals surface area contributed by atoms with Crippen LogP contribution in [0.2, 0.25) is 0 Å². The summed E-state index contributed by atoms with van der Waals surface area (Å²) in [5, 5.41) is 66.8. The van der Waals surface area contributed by atoms with E-state index in [9.17, 15) is 73.5 Å². The van der Waals surface area contributed by atoms with Gasteiger partial charge in [0.1, 0.15) is 60.1 Å². The monoisotopic (exact) mass is 1060 g/mol. The van der Waals surface area contributed by atoms with Gasteiger partial charge in [-0.05, 0) is 80.9 Å². The van der Waals surface area contributed by atoms with Crippen molar-refractivity contribution in [2.45, 2.75) is 160 Å². The number of phenolic OH excluding ortho intramolecular Hbond substituents is 1. The highest BCUT2D eigenvalue weighted by Crippen LogP contribution is 2.20. The van der Waals surface area contributed by atoms with E-state index in [-0.39, 0.29) is 75.2 Å². The smallest absolute Gasteiger partial charge is 0.326 e. The van der Waals surface area contributed by atoms with Crippen molar-refractivity contribution in [1.29, 1.82) is 0 Å². The van der Waals surface area contributed by atoms with Crippen LogP contribution >= 0.6 is 0 Å². The molecule has 2 rings (SSSR count). The molecule has 1 saturated heterocycles. The second kappa shape index (κ2) is 30.9. The first-order valence-electron chi connectivity index (χ1n) is 24.8. The molecule has 18 N–H and O–H groups in total. The predicted octanol–water partition coefficient (Wildman–Crippen LogP) is -3.62.